The van der Waals surface area contributed by atoms with Gasteiger partial charge in [-0.15, -0.1) is 0 Å². The summed E-state index contributed by atoms with van der Waals surface area (Å²) in [6, 6.07) is 52.3. The van der Waals surface area contributed by atoms with E-state index in [0.717, 1.165) is 60.4 Å². The van der Waals surface area contributed by atoms with Crippen molar-refractivity contribution in [3.05, 3.63) is 146 Å². The summed E-state index contributed by atoms with van der Waals surface area (Å²) in [7, 11) is 0. The fourth-order valence-corrected chi connectivity index (χ4v) is 8.01. The first-order chi connectivity index (χ1) is 22.8. The lowest BCUT2D eigenvalue weighted by molar-refractivity contribution is 0.669. The Morgan fingerprint density at radius 2 is 0.870 bits per heavy atom. The SMILES string of the molecule is c1ccc2c(c1)ccc1c2oc2c(-c3cccc4oc5ccccc5c34)ccc(-c3ccc4ccc5cccc6ccc3c4c56)c21. The average Bonchev–Trinajstić information content (AvgIpc) is 3.70. The lowest BCUT2D eigenvalue weighted by atomic mass is 9.87. The molecule has 2 nitrogen and oxygen atoms in total. The standard InChI is InChI=1S/C44H24O2/c1-2-10-29-25(7-1)17-22-36-42-33(30-20-18-28-16-15-26-8-5-9-27-19-21-32(30)40(28)39(26)27)23-24-34(44(42)46-43(29)36)31-12-6-14-38-41(31)35-11-3-4-13-37(35)45-38/h1-24H. The highest BCUT2D eigenvalue weighted by atomic mass is 16.3. The summed E-state index contributed by atoms with van der Waals surface area (Å²) in [5.74, 6) is 0. The Bertz CT molecular complexity index is 3010. The van der Waals surface area contributed by atoms with Crippen molar-refractivity contribution < 1.29 is 8.83 Å². The molecular weight excluding hydrogens is 560 g/mol. The van der Waals surface area contributed by atoms with Crippen molar-refractivity contribution in [2.45, 2.75) is 0 Å². The van der Waals surface area contributed by atoms with Crippen molar-refractivity contribution in [2.75, 3.05) is 0 Å². The van der Waals surface area contributed by atoms with E-state index in [1.54, 1.807) is 0 Å². The third-order valence-corrected chi connectivity index (χ3v) is 10.0. The maximum absolute atomic E-state index is 7.05. The van der Waals surface area contributed by atoms with Crippen LogP contribution in [0.5, 0.6) is 0 Å². The van der Waals surface area contributed by atoms with Gasteiger partial charge in [0.2, 0.25) is 0 Å². The predicted molar refractivity (Wildman–Crippen MR) is 193 cm³/mol. The molecule has 2 heteroatoms. The molecule has 46 heavy (non-hydrogen) atoms. The predicted octanol–water partition coefficient (Wildman–Crippen LogP) is 12.9. The van der Waals surface area contributed by atoms with Crippen LogP contribution in [0.25, 0.3) is 109 Å². The Kier molecular flexibility index (Phi) is 4.61. The highest BCUT2D eigenvalue weighted by Crippen LogP contribution is 2.48. The van der Waals surface area contributed by atoms with Crippen molar-refractivity contribution in [1.82, 2.24) is 0 Å². The largest absolute Gasteiger partial charge is 0.456 e. The molecule has 0 aliphatic carbocycles. The summed E-state index contributed by atoms with van der Waals surface area (Å²) in [4.78, 5) is 0. The smallest absolute Gasteiger partial charge is 0.143 e. The second-order valence-corrected chi connectivity index (χ2v) is 12.4. The molecule has 0 aliphatic rings. The molecule has 0 bridgehead atoms. The van der Waals surface area contributed by atoms with E-state index in [-0.39, 0.29) is 0 Å². The van der Waals surface area contributed by atoms with Crippen molar-refractivity contribution in [3.8, 4) is 22.3 Å². The molecule has 0 saturated heterocycles. The molecule has 0 radical (unpaired) electrons. The maximum atomic E-state index is 7.05. The summed E-state index contributed by atoms with van der Waals surface area (Å²) in [5, 5.41) is 14.5. The summed E-state index contributed by atoms with van der Waals surface area (Å²) in [6.45, 7) is 0. The van der Waals surface area contributed by atoms with Gasteiger partial charge in [0.25, 0.3) is 0 Å². The molecule has 0 spiro atoms. The molecule has 0 saturated carbocycles. The lowest BCUT2D eigenvalue weighted by Gasteiger charge is -2.15. The lowest BCUT2D eigenvalue weighted by Crippen LogP contribution is -1.89. The number of fused-ring (bicyclic) bond motifs is 8. The van der Waals surface area contributed by atoms with Crippen molar-refractivity contribution in [3.63, 3.8) is 0 Å². The summed E-state index contributed by atoms with van der Waals surface area (Å²) in [6.07, 6.45) is 0. The molecule has 0 N–H and O–H groups in total. The van der Waals surface area contributed by atoms with Gasteiger partial charge in [-0.1, -0.05) is 121 Å². The Morgan fingerprint density at radius 1 is 0.261 bits per heavy atom. The molecule has 11 aromatic rings. The number of rotatable bonds is 2. The molecule has 0 unspecified atom stereocenters. The molecule has 0 atom stereocenters. The minimum atomic E-state index is 0.879. The minimum Gasteiger partial charge on any atom is -0.456 e. The zero-order valence-electron chi connectivity index (χ0n) is 24.7. The van der Waals surface area contributed by atoms with Crippen LogP contribution in [0.2, 0.25) is 0 Å². The van der Waals surface area contributed by atoms with Crippen molar-refractivity contribution >= 4 is 87.0 Å². The third kappa shape index (κ3) is 3.10. The number of hydrogen-bond acceptors (Lipinski definition) is 2. The number of hydrogen-bond donors (Lipinski definition) is 0. The molecule has 9 aromatic carbocycles. The Hall–Kier alpha value is -6.12. The van der Waals surface area contributed by atoms with Crippen LogP contribution in [0.3, 0.4) is 0 Å². The summed E-state index contributed by atoms with van der Waals surface area (Å²) >= 11 is 0. The van der Waals surface area contributed by atoms with Crippen LogP contribution in [0.1, 0.15) is 0 Å². The van der Waals surface area contributed by atoms with Crippen LogP contribution in [0, 0.1) is 0 Å². The summed E-state index contributed by atoms with van der Waals surface area (Å²) < 4.78 is 13.4. The van der Waals surface area contributed by atoms with Gasteiger partial charge in [-0.3, -0.25) is 0 Å². The van der Waals surface area contributed by atoms with E-state index in [1.807, 2.05) is 12.1 Å². The van der Waals surface area contributed by atoms with Gasteiger partial charge < -0.3 is 8.83 Å². The van der Waals surface area contributed by atoms with Gasteiger partial charge in [0.15, 0.2) is 0 Å². The first-order valence-electron chi connectivity index (χ1n) is 15.8. The zero-order chi connectivity index (χ0) is 29.9. The molecule has 0 amide bonds. The topological polar surface area (TPSA) is 26.3 Å². The fraction of sp³-hybridized carbons (Fsp3) is 0. The Labute approximate surface area is 263 Å². The molecule has 0 fully saturated rings. The maximum Gasteiger partial charge on any atom is 0.143 e. The average molecular weight is 585 g/mol. The highest BCUT2D eigenvalue weighted by Gasteiger charge is 2.22. The van der Waals surface area contributed by atoms with Gasteiger partial charge in [-0.2, -0.15) is 0 Å². The van der Waals surface area contributed by atoms with Gasteiger partial charge in [-0.25, -0.2) is 0 Å². The first-order valence-corrected chi connectivity index (χ1v) is 15.8. The summed E-state index contributed by atoms with van der Waals surface area (Å²) in [5.41, 5.74) is 8.15. The highest BCUT2D eigenvalue weighted by molar-refractivity contribution is 6.29. The van der Waals surface area contributed by atoms with E-state index in [1.165, 1.54) is 48.8 Å². The van der Waals surface area contributed by atoms with Crippen LogP contribution in [0.15, 0.2) is 154 Å². The van der Waals surface area contributed by atoms with E-state index < -0.39 is 0 Å². The third-order valence-electron chi connectivity index (χ3n) is 10.0. The van der Waals surface area contributed by atoms with Gasteiger partial charge in [-0.05, 0) is 78.7 Å². The van der Waals surface area contributed by atoms with E-state index in [2.05, 4.69) is 133 Å². The Balaban J connectivity index is 1.30. The van der Waals surface area contributed by atoms with E-state index >= 15 is 0 Å². The van der Waals surface area contributed by atoms with Gasteiger partial charge in [0, 0.05) is 32.5 Å². The van der Waals surface area contributed by atoms with Gasteiger partial charge in [0.05, 0.1) is 0 Å². The fourth-order valence-electron chi connectivity index (χ4n) is 8.01. The number of benzene rings is 9. The van der Waals surface area contributed by atoms with Crippen LogP contribution < -0.4 is 0 Å². The van der Waals surface area contributed by atoms with Crippen molar-refractivity contribution in [2.24, 2.45) is 0 Å². The Morgan fingerprint density at radius 3 is 1.78 bits per heavy atom. The number of furan rings is 2. The minimum absolute atomic E-state index is 0.879. The van der Waals surface area contributed by atoms with Crippen LogP contribution in [-0.2, 0) is 0 Å². The zero-order valence-corrected chi connectivity index (χ0v) is 24.7. The first kappa shape index (κ1) is 24.2. The van der Waals surface area contributed by atoms with E-state index in [4.69, 9.17) is 8.83 Å². The quantitative estimate of drug-likeness (QED) is 0.189. The molecule has 0 aliphatic heterocycles. The van der Waals surface area contributed by atoms with Gasteiger partial charge in [0.1, 0.15) is 22.3 Å². The number of para-hydroxylation sites is 1. The molecule has 212 valence electrons. The van der Waals surface area contributed by atoms with E-state index in [0.29, 0.717) is 0 Å². The second-order valence-electron chi connectivity index (χ2n) is 12.4. The van der Waals surface area contributed by atoms with Gasteiger partial charge >= 0.3 is 0 Å². The van der Waals surface area contributed by atoms with Crippen LogP contribution in [-0.4, -0.2) is 0 Å². The molecule has 2 heterocycles. The van der Waals surface area contributed by atoms with Crippen LogP contribution >= 0.6 is 0 Å². The second kappa shape index (κ2) is 8.74. The normalized spacial score (nSPS) is 12.3. The van der Waals surface area contributed by atoms with Crippen molar-refractivity contribution in [1.29, 1.82) is 0 Å². The van der Waals surface area contributed by atoms with E-state index in [9.17, 15) is 0 Å². The molecular formula is C44H24O2. The molecule has 11 rings (SSSR count). The monoisotopic (exact) mass is 584 g/mol. The molecule has 2 aromatic heterocycles. The van der Waals surface area contributed by atoms with Crippen LogP contribution in [0.4, 0.5) is 0 Å².